The van der Waals surface area contributed by atoms with Gasteiger partial charge in [0.05, 0.1) is 11.7 Å². The molecule has 3 aliphatic rings. The molecule has 2 aromatic rings. The number of carbonyl (C=O) groups excluding carboxylic acids is 3. The Morgan fingerprint density at radius 2 is 1.89 bits per heavy atom. The largest absolute Gasteiger partial charge is 0.351 e. The first-order valence-corrected chi connectivity index (χ1v) is 13.1. The second-order valence-electron chi connectivity index (χ2n) is 9.13. The number of amidine groups is 1. The summed E-state index contributed by atoms with van der Waals surface area (Å²) < 4.78 is 0. The molecule has 0 bridgehead atoms. The lowest BCUT2D eigenvalue weighted by atomic mass is 10.1. The summed E-state index contributed by atoms with van der Waals surface area (Å²) in [5, 5.41) is 3.10. The van der Waals surface area contributed by atoms with E-state index in [9.17, 15) is 14.4 Å². The maximum atomic E-state index is 13.3. The van der Waals surface area contributed by atoms with Gasteiger partial charge in [0.25, 0.3) is 11.8 Å². The molecule has 3 amide bonds. The molecule has 5 rings (SSSR count). The third kappa shape index (κ3) is 5.40. The molecule has 2 atom stereocenters. The average molecular weight is 492 g/mol. The zero-order valence-corrected chi connectivity index (χ0v) is 20.4. The molecule has 35 heavy (non-hydrogen) atoms. The van der Waals surface area contributed by atoms with Crippen LogP contribution in [0.15, 0.2) is 53.7 Å². The van der Waals surface area contributed by atoms with Crippen molar-refractivity contribution in [2.75, 3.05) is 25.0 Å². The summed E-state index contributed by atoms with van der Waals surface area (Å²) in [7, 11) is 0. The standard InChI is InChI=1S/C26H29N5O3S/c32-23(17-22-24(33)29-26(35-22)30-13-4-1-5-14-30)28-19-9-6-8-18(16-19)25(34)31-15-7-11-21(31)20-10-2-3-12-27-20/h2-3,6,8-10,12,16,21-22H,1,4-5,7,11,13-15,17H2,(H,28,32). The van der Waals surface area contributed by atoms with Crippen LogP contribution < -0.4 is 5.32 Å². The molecule has 4 heterocycles. The molecule has 1 aromatic heterocycles. The minimum atomic E-state index is -0.500. The number of carbonyl (C=O) groups is 3. The fourth-order valence-electron chi connectivity index (χ4n) is 4.90. The highest BCUT2D eigenvalue weighted by Crippen LogP contribution is 2.32. The monoisotopic (exact) mass is 491 g/mol. The van der Waals surface area contributed by atoms with E-state index >= 15 is 0 Å². The van der Waals surface area contributed by atoms with E-state index in [0.717, 1.165) is 49.6 Å². The van der Waals surface area contributed by atoms with E-state index in [0.29, 0.717) is 17.8 Å². The van der Waals surface area contributed by atoms with E-state index in [-0.39, 0.29) is 30.2 Å². The number of anilines is 1. The number of nitrogens with one attached hydrogen (secondary N) is 1. The first-order valence-electron chi connectivity index (χ1n) is 12.2. The molecular formula is C26H29N5O3S. The number of pyridine rings is 1. The Hall–Kier alpha value is -3.20. The molecule has 0 aliphatic carbocycles. The van der Waals surface area contributed by atoms with Crippen molar-refractivity contribution >= 4 is 40.3 Å². The van der Waals surface area contributed by atoms with E-state index < -0.39 is 5.25 Å². The molecule has 1 aromatic carbocycles. The zero-order valence-electron chi connectivity index (χ0n) is 19.6. The van der Waals surface area contributed by atoms with Crippen molar-refractivity contribution < 1.29 is 14.4 Å². The lowest BCUT2D eigenvalue weighted by Gasteiger charge is -2.27. The topological polar surface area (TPSA) is 95.0 Å². The number of benzene rings is 1. The highest BCUT2D eigenvalue weighted by atomic mass is 32.2. The van der Waals surface area contributed by atoms with Gasteiger partial charge in [-0.05, 0) is 62.4 Å². The molecule has 0 spiro atoms. The maximum Gasteiger partial charge on any atom is 0.262 e. The van der Waals surface area contributed by atoms with Crippen LogP contribution in [0, 0.1) is 0 Å². The maximum absolute atomic E-state index is 13.3. The average Bonchev–Trinajstić information content (AvgIpc) is 3.52. The number of hydrogen-bond donors (Lipinski definition) is 1. The molecule has 2 fully saturated rings. The quantitative estimate of drug-likeness (QED) is 0.682. The van der Waals surface area contributed by atoms with Crippen LogP contribution in [-0.2, 0) is 9.59 Å². The smallest absolute Gasteiger partial charge is 0.262 e. The van der Waals surface area contributed by atoms with E-state index in [1.807, 2.05) is 23.1 Å². The first-order chi connectivity index (χ1) is 17.1. The van der Waals surface area contributed by atoms with E-state index in [1.165, 1.54) is 18.2 Å². The number of aliphatic imine (C=N–C) groups is 1. The Labute approximate surface area is 209 Å². The van der Waals surface area contributed by atoms with Crippen LogP contribution >= 0.6 is 11.8 Å². The van der Waals surface area contributed by atoms with Crippen LogP contribution in [0.4, 0.5) is 5.69 Å². The van der Waals surface area contributed by atoms with Crippen molar-refractivity contribution in [2.45, 2.75) is 49.8 Å². The van der Waals surface area contributed by atoms with E-state index in [2.05, 4.69) is 20.2 Å². The fourth-order valence-corrected chi connectivity index (χ4v) is 6.01. The Bertz CT molecular complexity index is 1130. The Kier molecular flexibility index (Phi) is 7.13. The van der Waals surface area contributed by atoms with Gasteiger partial charge in [0.1, 0.15) is 5.25 Å². The van der Waals surface area contributed by atoms with Crippen LogP contribution in [-0.4, -0.2) is 62.6 Å². The summed E-state index contributed by atoms with van der Waals surface area (Å²) in [6, 6.07) is 12.7. The molecule has 9 heteroatoms. The molecule has 3 aliphatic heterocycles. The highest BCUT2D eigenvalue weighted by molar-refractivity contribution is 8.15. The molecule has 0 saturated carbocycles. The predicted octanol–water partition coefficient (Wildman–Crippen LogP) is 3.87. The molecule has 0 radical (unpaired) electrons. The number of amides is 3. The summed E-state index contributed by atoms with van der Waals surface area (Å²) in [5.74, 6) is -0.581. The van der Waals surface area contributed by atoms with Gasteiger partial charge in [-0.2, -0.15) is 4.99 Å². The fraction of sp³-hybridized carbons (Fsp3) is 0.423. The van der Waals surface area contributed by atoms with Crippen LogP contribution in [0.3, 0.4) is 0 Å². The second-order valence-corrected chi connectivity index (χ2v) is 10.3. The number of hydrogen-bond acceptors (Lipinski definition) is 6. The van der Waals surface area contributed by atoms with Gasteiger partial charge in [0.2, 0.25) is 5.91 Å². The Morgan fingerprint density at radius 1 is 1.03 bits per heavy atom. The van der Waals surface area contributed by atoms with Crippen LogP contribution in [0.2, 0.25) is 0 Å². The lowest BCUT2D eigenvalue weighted by Crippen LogP contribution is -2.33. The van der Waals surface area contributed by atoms with Crippen molar-refractivity contribution in [3.63, 3.8) is 0 Å². The molecular weight excluding hydrogens is 462 g/mol. The van der Waals surface area contributed by atoms with Gasteiger partial charge >= 0.3 is 0 Å². The van der Waals surface area contributed by atoms with Crippen LogP contribution in [0.25, 0.3) is 0 Å². The summed E-state index contributed by atoms with van der Waals surface area (Å²) in [5.41, 5.74) is 1.96. The summed E-state index contributed by atoms with van der Waals surface area (Å²) >= 11 is 1.39. The van der Waals surface area contributed by atoms with Crippen molar-refractivity contribution in [1.29, 1.82) is 0 Å². The third-order valence-electron chi connectivity index (χ3n) is 6.66. The van der Waals surface area contributed by atoms with Crippen molar-refractivity contribution in [2.24, 2.45) is 4.99 Å². The predicted molar refractivity (Wildman–Crippen MR) is 136 cm³/mol. The number of thioether (sulfide) groups is 1. The highest BCUT2D eigenvalue weighted by Gasteiger charge is 2.34. The molecule has 8 nitrogen and oxygen atoms in total. The summed E-state index contributed by atoms with van der Waals surface area (Å²) in [4.78, 5) is 51.0. The van der Waals surface area contributed by atoms with Gasteiger partial charge in [-0.3, -0.25) is 19.4 Å². The zero-order chi connectivity index (χ0) is 24.2. The van der Waals surface area contributed by atoms with Gasteiger partial charge in [0, 0.05) is 43.5 Å². The summed E-state index contributed by atoms with van der Waals surface area (Å²) in [6.45, 7) is 2.51. The minimum Gasteiger partial charge on any atom is -0.351 e. The second kappa shape index (κ2) is 10.6. The van der Waals surface area contributed by atoms with Crippen molar-refractivity contribution in [3.05, 3.63) is 59.9 Å². The van der Waals surface area contributed by atoms with Gasteiger partial charge in [0.15, 0.2) is 5.17 Å². The molecule has 2 saturated heterocycles. The SMILES string of the molecule is O=C(CC1SC(N2CCCCC2)=NC1=O)Nc1cccc(C(=O)N2CCCC2c2ccccn2)c1. The van der Waals surface area contributed by atoms with Crippen molar-refractivity contribution in [1.82, 2.24) is 14.8 Å². The number of aromatic nitrogens is 1. The number of rotatable bonds is 5. The molecule has 1 N–H and O–H groups in total. The van der Waals surface area contributed by atoms with Crippen LogP contribution in [0.5, 0.6) is 0 Å². The minimum absolute atomic E-state index is 0.0403. The molecule has 2 unspecified atom stereocenters. The van der Waals surface area contributed by atoms with E-state index in [4.69, 9.17) is 0 Å². The number of piperidine rings is 1. The number of likely N-dealkylation sites (tertiary alicyclic amines) is 2. The van der Waals surface area contributed by atoms with Gasteiger partial charge in [-0.1, -0.05) is 23.9 Å². The normalized spacial score (nSPS) is 22.3. The van der Waals surface area contributed by atoms with Gasteiger partial charge in [-0.25, -0.2) is 0 Å². The van der Waals surface area contributed by atoms with Crippen LogP contribution in [0.1, 0.15) is 60.6 Å². The lowest BCUT2D eigenvalue weighted by molar-refractivity contribution is -0.121. The Morgan fingerprint density at radius 3 is 2.69 bits per heavy atom. The molecule has 182 valence electrons. The number of nitrogens with zero attached hydrogens (tertiary/aromatic N) is 4. The first kappa shape index (κ1) is 23.5. The third-order valence-corrected chi connectivity index (χ3v) is 7.88. The van der Waals surface area contributed by atoms with Crippen molar-refractivity contribution in [3.8, 4) is 0 Å². The van der Waals surface area contributed by atoms with Gasteiger partial charge in [-0.15, -0.1) is 0 Å². The van der Waals surface area contributed by atoms with E-state index in [1.54, 1.807) is 30.5 Å². The Balaban J connectivity index is 1.20. The summed E-state index contributed by atoms with van der Waals surface area (Å²) in [6.07, 6.45) is 7.03. The van der Waals surface area contributed by atoms with Gasteiger partial charge < -0.3 is 15.1 Å².